The standard InChI is InChI=1S/C31H40N8O2/c1-4-15-33-29-24(22-35-31(37-29)36-26-14-13-23-20-32-21-25(23)19-26)10-6-5-7-16-34-30(41)27-11-8-18-39(27)28(40)12-9-17-38(2)3/h9,12-14,19,21-22,27H,4-5,7-8,11,15-18,20H2,1-3H3,(H,34,41)(H2,33,35,36,37)/b12-9+/t27-/m0/s1. The van der Waals surface area contributed by atoms with Gasteiger partial charge in [0.1, 0.15) is 11.9 Å². The van der Waals surface area contributed by atoms with Gasteiger partial charge in [-0.1, -0.05) is 30.9 Å². The van der Waals surface area contributed by atoms with E-state index in [9.17, 15) is 9.59 Å². The maximum absolute atomic E-state index is 12.7. The van der Waals surface area contributed by atoms with E-state index < -0.39 is 6.04 Å². The van der Waals surface area contributed by atoms with Gasteiger partial charge in [-0.15, -0.1) is 0 Å². The predicted molar refractivity (Wildman–Crippen MR) is 163 cm³/mol. The fourth-order valence-corrected chi connectivity index (χ4v) is 4.65. The fraction of sp³-hybridized carbons (Fsp3) is 0.452. The van der Waals surface area contributed by atoms with Crippen LogP contribution in [0.2, 0.25) is 0 Å². The molecule has 2 aliphatic heterocycles. The zero-order chi connectivity index (χ0) is 29.0. The van der Waals surface area contributed by atoms with Gasteiger partial charge in [0.05, 0.1) is 18.3 Å². The van der Waals surface area contributed by atoms with Gasteiger partial charge in [0, 0.05) is 50.6 Å². The van der Waals surface area contributed by atoms with Crippen molar-refractivity contribution in [3.05, 3.63) is 53.2 Å². The minimum absolute atomic E-state index is 0.0944. The summed E-state index contributed by atoms with van der Waals surface area (Å²) in [5, 5.41) is 9.61. The van der Waals surface area contributed by atoms with Crippen molar-refractivity contribution in [1.82, 2.24) is 25.1 Å². The Bertz CT molecular complexity index is 1340. The summed E-state index contributed by atoms with van der Waals surface area (Å²) in [5.41, 5.74) is 3.97. The number of aliphatic imine (C=N–C) groups is 1. The molecule has 1 aromatic heterocycles. The van der Waals surface area contributed by atoms with Gasteiger partial charge in [-0.05, 0) is 63.0 Å². The van der Waals surface area contributed by atoms with Crippen LogP contribution in [0.15, 0.2) is 41.5 Å². The summed E-state index contributed by atoms with van der Waals surface area (Å²) < 4.78 is 0. The topological polar surface area (TPSA) is 115 Å². The summed E-state index contributed by atoms with van der Waals surface area (Å²) in [4.78, 5) is 42.4. The van der Waals surface area contributed by atoms with Gasteiger partial charge >= 0.3 is 0 Å². The van der Waals surface area contributed by atoms with E-state index in [0.717, 1.165) is 42.7 Å². The van der Waals surface area contributed by atoms with Crippen LogP contribution >= 0.6 is 0 Å². The number of carbonyl (C=O) groups excluding carboxylic acids is 2. The van der Waals surface area contributed by atoms with E-state index in [1.165, 1.54) is 5.56 Å². The first-order valence-electron chi connectivity index (χ1n) is 14.3. The highest BCUT2D eigenvalue weighted by molar-refractivity contribution is 5.93. The molecule has 41 heavy (non-hydrogen) atoms. The fourth-order valence-electron chi connectivity index (χ4n) is 4.65. The first-order valence-corrected chi connectivity index (χ1v) is 14.3. The molecule has 4 rings (SSSR count). The van der Waals surface area contributed by atoms with E-state index in [0.29, 0.717) is 50.7 Å². The van der Waals surface area contributed by atoms with Crippen molar-refractivity contribution in [2.24, 2.45) is 4.99 Å². The van der Waals surface area contributed by atoms with Gasteiger partial charge in [-0.2, -0.15) is 4.98 Å². The number of nitrogens with one attached hydrogen (secondary N) is 3. The average molecular weight is 557 g/mol. The number of unbranched alkanes of at least 4 members (excludes halogenated alkanes) is 1. The molecule has 0 saturated carbocycles. The normalized spacial score (nSPS) is 15.6. The van der Waals surface area contributed by atoms with Crippen molar-refractivity contribution >= 4 is 35.5 Å². The van der Waals surface area contributed by atoms with Crippen LogP contribution < -0.4 is 16.0 Å². The summed E-state index contributed by atoms with van der Waals surface area (Å²) in [6.45, 7) is 5.41. The Morgan fingerprint density at radius 3 is 2.95 bits per heavy atom. The van der Waals surface area contributed by atoms with Crippen molar-refractivity contribution in [2.75, 3.05) is 50.9 Å². The minimum atomic E-state index is -0.404. The lowest BCUT2D eigenvalue weighted by molar-refractivity contribution is -0.135. The molecule has 3 N–H and O–H groups in total. The molecule has 1 atom stereocenters. The third kappa shape index (κ3) is 8.63. The lowest BCUT2D eigenvalue weighted by Crippen LogP contribution is -2.45. The van der Waals surface area contributed by atoms with Crippen LogP contribution in [0, 0.1) is 11.8 Å². The molecule has 10 heteroatoms. The Labute approximate surface area is 242 Å². The highest BCUT2D eigenvalue weighted by atomic mass is 16.2. The van der Waals surface area contributed by atoms with Gasteiger partial charge in [-0.25, -0.2) is 4.98 Å². The molecule has 2 aliphatic rings. The van der Waals surface area contributed by atoms with Crippen LogP contribution in [0.25, 0.3) is 0 Å². The van der Waals surface area contributed by atoms with Gasteiger partial charge in [0.25, 0.3) is 0 Å². The van der Waals surface area contributed by atoms with E-state index in [-0.39, 0.29) is 11.8 Å². The highest BCUT2D eigenvalue weighted by Gasteiger charge is 2.32. The quantitative estimate of drug-likeness (QED) is 0.209. The van der Waals surface area contributed by atoms with Gasteiger partial charge < -0.3 is 25.8 Å². The summed E-state index contributed by atoms with van der Waals surface area (Å²) in [5.74, 6) is 7.36. The molecule has 1 aromatic carbocycles. The maximum Gasteiger partial charge on any atom is 0.246 e. The van der Waals surface area contributed by atoms with E-state index in [4.69, 9.17) is 0 Å². The smallest absolute Gasteiger partial charge is 0.246 e. The molecule has 2 aromatic rings. The highest BCUT2D eigenvalue weighted by Crippen LogP contribution is 2.22. The zero-order valence-corrected chi connectivity index (χ0v) is 24.2. The molecular formula is C31H40N8O2. The Hall–Kier alpha value is -4.23. The summed E-state index contributed by atoms with van der Waals surface area (Å²) >= 11 is 0. The average Bonchev–Trinajstić information content (AvgIpc) is 3.64. The second kappa shape index (κ2) is 15.0. The lowest BCUT2D eigenvalue weighted by Gasteiger charge is -2.22. The van der Waals surface area contributed by atoms with Crippen LogP contribution in [0.3, 0.4) is 0 Å². The Kier molecular flexibility index (Phi) is 10.9. The van der Waals surface area contributed by atoms with Gasteiger partial charge in [-0.3, -0.25) is 14.6 Å². The summed E-state index contributed by atoms with van der Waals surface area (Å²) in [6.07, 6.45) is 10.8. The van der Waals surface area contributed by atoms with Crippen LogP contribution in [0.4, 0.5) is 17.5 Å². The van der Waals surface area contributed by atoms with Crippen molar-refractivity contribution in [2.45, 2.75) is 51.6 Å². The Morgan fingerprint density at radius 1 is 1.24 bits per heavy atom. The molecule has 3 heterocycles. The number of fused-ring (bicyclic) bond motifs is 1. The summed E-state index contributed by atoms with van der Waals surface area (Å²) in [6, 6.07) is 5.72. The van der Waals surface area contributed by atoms with Crippen LogP contribution in [-0.2, 0) is 16.1 Å². The number of likely N-dealkylation sites (tertiary alicyclic amines) is 1. The zero-order valence-electron chi connectivity index (χ0n) is 24.2. The first kappa shape index (κ1) is 29.7. The molecule has 0 aliphatic carbocycles. The van der Waals surface area contributed by atoms with Crippen molar-refractivity contribution < 1.29 is 9.59 Å². The molecule has 10 nitrogen and oxygen atoms in total. The third-order valence-electron chi connectivity index (χ3n) is 6.80. The van der Waals surface area contributed by atoms with Crippen LogP contribution in [0.1, 0.15) is 55.7 Å². The number of aromatic nitrogens is 2. The molecule has 1 saturated heterocycles. The second-order valence-corrected chi connectivity index (χ2v) is 10.4. The van der Waals surface area contributed by atoms with Gasteiger partial charge in [0.2, 0.25) is 17.8 Å². The number of hydrogen-bond acceptors (Lipinski definition) is 8. The molecular weight excluding hydrogens is 516 g/mol. The van der Waals surface area contributed by atoms with Gasteiger partial charge in [0.15, 0.2) is 0 Å². The van der Waals surface area contributed by atoms with Crippen LogP contribution in [0.5, 0.6) is 0 Å². The number of likely N-dealkylation sites (N-methyl/N-ethyl adjacent to an activating group) is 1. The Morgan fingerprint density at radius 2 is 2.12 bits per heavy atom. The van der Waals surface area contributed by atoms with E-state index in [1.54, 1.807) is 17.2 Å². The molecule has 0 unspecified atom stereocenters. The maximum atomic E-state index is 12.7. The molecule has 1 fully saturated rings. The summed E-state index contributed by atoms with van der Waals surface area (Å²) in [7, 11) is 3.89. The Balaban J connectivity index is 1.27. The molecule has 0 spiro atoms. The molecule has 0 radical (unpaired) electrons. The SMILES string of the molecule is CCCNc1nc(Nc2ccc3c(c2)C=NC3)ncc1C#CCCCNC(=O)[C@@H]1CCCN1C(=O)/C=C/CN(C)C. The van der Waals surface area contributed by atoms with E-state index >= 15 is 0 Å². The monoisotopic (exact) mass is 556 g/mol. The largest absolute Gasteiger partial charge is 0.369 e. The number of benzene rings is 1. The number of amides is 2. The number of anilines is 3. The minimum Gasteiger partial charge on any atom is -0.369 e. The molecule has 2 amide bonds. The number of hydrogen-bond donors (Lipinski definition) is 3. The van der Waals surface area contributed by atoms with E-state index in [2.05, 4.69) is 55.7 Å². The number of nitrogens with zero attached hydrogens (tertiary/aromatic N) is 5. The molecule has 0 bridgehead atoms. The number of carbonyl (C=O) groups is 2. The first-order chi connectivity index (χ1) is 19.9. The predicted octanol–water partition coefficient (Wildman–Crippen LogP) is 3.33. The molecule has 216 valence electrons. The van der Waals surface area contributed by atoms with Crippen molar-refractivity contribution in [3.8, 4) is 11.8 Å². The van der Waals surface area contributed by atoms with Crippen molar-refractivity contribution in [1.29, 1.82) is 0 Å². The second-order valence-electron chi connectivity index (χ2n) is 10.4. The van der Waals surface area contributed by atoms with Crippen molar-refractivity contribution in [3.63, 3.8) is 0 Å². The third-order valence-corrected chi connectivity index (χ3v) is 6.80. The number of rotatable bonds is 12. The van der Waals surface area contributed by atoms with E-state index in [1.807, 2.05) is 43.4 Å². The lowest BCUT2D eigenvalue weighted by atomic mass is 10.1. The van der Waals surface area contributed by atoms with Crippen LogP contribution in [-0.4, -0.2) is 84.1 Å².